The van der Waals surface area contributed by atoms with Crippen molar-refractivity contribution < 1.29 is 17.9 Å². The van der Waals surface area contributed by atoms with Gasteiger partial charge in [0.1, 0.15) is 0 Å². The largest absolute Gasteiger partial charge is 0.381 e. The van der Waals surface area contributed by atoms with E-state index in [4.69, 9.17) is 15.6 Å². The molecule has 2 heterocycles. The minimum Gasteiger partial charge on any atom is -0.381 e. The van der Waals surface area contributed by atoms with E-state index in [1.54, 1.807) is 18.2 Å². The maximum absolute atomic E-state index is 12.4. The zero-order valence-corrected chi connectivity index (χ0v) is 15.3. The van der Waals surface area contributed by atoms with E-state index in [2.05, 4.69) is 5.32 Å². The molecule has 0 aliphatic carbocycles. The van der Waals surface area contributed by atoms with Crippen molar-refractivity contribution in [1.29, 1.82) is 0 Å². The number of ether oxygens (including phenoxy) is 1. The maximum atomic E-state index is 12.4. The molecule has 8 nitrogen and oxygen atoms in total. The van der Waals surface area contributed by atoms with Crippen LogP contribution in [0.25, 0.3) is 0 Å². The number of nitrogens with one attached hydrogen (secondary N) is 1. The third kappa shape index (κ3) is 4.42. The second kappa shape index (κ2) is 7.88. The van der Waals surface area contributed by atoms with Crippen molar-refractivity contribution in [3.05, 3.63) is 23.8 Å². The van der Waals surface area contributed by atoms with Crippen LogP contribution in [0.3, 0.4) is 0 Å². The summed E-state index contributed by atoms with van der Waals surface area (Å²) >= 11 is 0. The summed E-state index contributed by atoms with van der Waals surface area (Å²) in [7, 11) is -3.81. The highest BCUT2D eigenvalue weighted by Crippen LogP contribution is 2.32. The van der Waals surface area contributed by atoms with E-state index in [-0.39, 0.29) is 24.2 Å². The molecule has 0 radical (unpaired) electrons. The fourth-order valence-corrected chi connectivity index (χ4v) is 4.00. The van der Waals surface area contributed by atoms with Crippen molar-refractivity contribution in [2.24, 2.45) is 16.8 Å². The Kier molecular flexibility index (Phi) is 6.28. The Morgan fingerprint density at radius 1 is 1.32 bits per heavy atom. The van der Waals surface area contributed by atoms with E-state index in [0.717, 1.165) is 22.7 Å². The van der Waals surface area contributed by atoms with E-state index < -0.39 is 16.3 Å². The van der Waals surface area contributed by atoms with Gasteiger partial charge < -0.3 is 15.8 Å². The fourth-order valence-electron chi connectivity index (χ4n) is 3.21. The fraction of sp³-hybridized carbons (Fsp3) is 0.533. The summed E-state index contributed by atoms with van der Waals surface area (Å²) in [6, 6.07) is 4.56. The lowest BCUT2D eigenvalue weighted by molar-refractivity contribution is -0.119. The standard InChI is InChI=1S/C15H22N4O4S.ClH/c16-14(11-4-7-23-8-5-11)15(20)18-12-2-1-10-3-6-19(13(10)9-12)24(17,21)22;/h1-2,9,11,14H,3-8,16H2,(H,18,20)(H2,17,21,22);1H. The second-order valence-electron chi connectivity index (χ2n) is 6.18. The molecule has 25 heavy (non-hydrogen) atoms. The summed E-state index contributed by atoms with van der Waals surface area (Å²) in [5, 5.41) is 8.01. The number of carbonyl (C=O) groups is 1. The lowest BCUT2D eigenvalue weighted by Crippen LogP contribution is -2.44. The molecule has 1 aromatic rings. The monoisotopic (exact) mass is 390 g/mol. The van der Waals surface area contributed by atoms with Crippen LogP contribution in [-0.4, -0.2) is 40.1 Å². The lowest BCUT2D eigenvalue weighted by Gasteiger charge is -2.26. The Morgan fingerprint density at radius 2 is 2.00 bits per heavy atom. The number of carbonyl (C=O) groups excluding carboxylic acids is 1. The van der Waals surface area contributed by atoms with E-state index in [1.165, 1.54) is 0 Å². The normalized spacial score (nSPS) is 19.0. The van der Waals surface area contributed by atoms with Gasteiger partial charge in [-0.2, -0.15) is 8.42 Å². The van der Waals surface area contributed by atoms with Crippen LogP contribution in [0.2, 0.25) is 0 Å². The Hall–Kier alpha value is -1.39. The number of halogens is 1. The summed E-state index contributed by atoms with van der Waals surface area (Å²) in [4.78, 5) is 12.4. The van der Waals surface area contributed by atoms with Gasteiger partial charge in [-0.1, -0.05) is 6.07 Å². The quantitative estimate of drug-likeness (QED) is 0.684. The Balaban J connectivity index is 0.00000225. The summed E-state index contributed by atoms with van der Waals surface area (Å²) < 4.78 is 29.7. The molecule has 140 valence electrons. The van der Waals surface area contributed by atoms with E-state index in [1.807, 2.05) is 0 Å². The molecule has 5 N–H and O–H groups in total. The van der Waals surface area contributed by atoms with Crippen LogP contribution in [0.4, 0.5) is 11.4 Å². The van der Waals surface area contributed by atoms with Crippen molar-refractivity contribution in [1.82, 2.24) is 0 Å². The van der Waals surface area contributed by atoms with Gasteiger partial charge in [0.2, 0.25) is 5.91 Å². The van der Waals surface area contributed by atoms with E-state index in [0.29, 0.717) is 37.6 Å². The predicted octanol–water partition coefficient (Wildman–Crippen LogP) is 0.367. The molecule has 1 atom stereocenters. The van der Waals surface area contributed by atoms with E-state index >= 15 is 0 Å². The van der Waals surface area contributed by atoms with Crippen LogP contribution in [0.15, 0.2) is 18.2 Å². The van der Waals surface area contributed by atoms with Gasteiger partial charge in [0.25, 0.3) is 10.2 Å². The number of benzene rings is 1. The number of fused-ring (bicyclic) bond motifs is 1. The van der Waals surface area contributed by atoms with Crippen molar-refractivity contribution in [3.8, 4) is 0 Å². The lowest BCUT2D eigenvalue weighted by atomic mass is 9.92. The molecule has 0 saturated carbocycles. The first-order chi connectivity index (χ1) is 11.4. The van der Waals surface area contributed by atoms with Gasteiger partial charge in [-0.05, 0) is 42.9 Å². The van der Waals surface area contributed by atoms with Crippen molar-refractivity contribution in [2.45, 2.75) is 25.3 Å². The van der Waals surface area contributed by atoms with Gasteiger partial charge in [-0.25, -0.2) is 5.14 Å². The van der Waals surface area contributed by atoms with Gasteiger partial charge in [0.15, 0.2) is 0 Å². The first-order valence-corrected chi connectivity index (χ1v) is 9.44. The highest BCUT2D eigenvalue weighted by molar-refractivity contribution is 7.90. The maximum Gasteiger partial charge on any atom is 0.299 e. The van der Waals surface area contributed by atoms with Gasteiger partial charge in [0, 0.05) is 25.4 Å². The van der Waals surface area contributed by atoms with E-state index in [9.17, 15) is 13.2 Å². The number of nitrogens with zero attached hydrogens (tertiary/aromatic N) is 1. The van der Waals surface area contributed by atoms with Crippen LogP contribution in [0.5, 0.6) is 0 Å². The van der Waals surface area contributed by atoms with Crippen LogP contribution >= 0.6 is 12.4 Å². The average Bonchev–Trinajstić information content (AvgIpc) is 2.98. The molecule has 1 amide bonds. The number of rotatable bonds is 4. The molecular weight excluding hydrogens is 368 g/mol. The first kappa shape index (κ1) is 19.9. The average molecular weight is 391 g/mol. The summed E-state index contributed by atoms with van der Waals surface area (Å²) in [5.41, 5.74) is 7.96. The zero-order valence-electron chi connectivity index (χ0n) is 13.7. The molecule has 1 fully saturated rings. The molecule has 2 aliphatic heterocycles. The SMILES string of the molecule is Cl.NC(C(=O)Nc1ccc2c(c1)N(S(N)(=O)=O)CC2)C1CCOCC1. The van der Waals surface area contributed by atoms with Crippen LogP contribution in [0, 0.1) is 5.92 Å². The Morgan fingerprint density at radius 3 is 2.64 bits per heavy atom. The Bertz CT molecular complexity index is 737. The van der Waals surface area contributed by atoms with Gasteiger partial charge in [0.05, 0.1) is 11.7 Å². The molecule has 3 rings (SSSR count). The molecule has 10 heteroatoms. The van der Waals surface area contributed by atoms with Crippen molar-refractivity contribution >= 4 is 39.9 Å². The first-order valence-electron chi connectivity index (χ1n) is 7.94. The molecular formula is C15H23ClN4O4S. The minimum atomic E-state index is -3.81. The number of nitrogens with two attached hydrogens (primary N) is 2. The Labute approximate surface area is 153 Å². The molecule has 1 saturated heterocycles. The number of amides is 1. The van der Waals surface area contributed by atoms with Crippen LogP contribution in [0.1, 0.15) is 18.4 Å². The molecule has 0 aromatic heterocycles. The molecule has 1 aromatic carbocycles. The molecule has 0 bridgehead atoms. The smallest absolute Gasteiger partial charge is 0.299 e. The molecule has 0 spiro atoms. The zero-order chi connectivity index (χ0) is 17.3. The summed E-state index contributed by atoms with van der Waals surface area (Å²) in [6.45, 7) is 1.55. The third-order valence-electron chi connectivity index (χ3n) is 4.59. The van der Waals surface area contributed by atoms with Gasteiger partial charge >= 0.3 is 0 Å². The minimum absolute atomic E-state index is 0. The van der Waals surface area contributed by atoms with Crippen LogP contribution in [-0.2, 0) is 26.2 Å². The molecule has 1 unspecified atom stereocenters. The number of hydrogen-bond donors (Lipinski definition) is 3. The number of anilines is 2. The summed E-state index contributed by atoms with van der Waals surface area (Å²) in [5.74, 6) is -0.184. The summed E-state index contributed by atoms with van der Waals surface area (Å²) in [6.07, 6.45) is 2.12. The van der Waals surface area contributed by atoms with Crippen molar-refractivity contribution in [3.63, 3.8) is 0 Å². The second-order valence-corrected chi connectivity index (χ2v) is 7.65. The highest BCUT2D eigenvalue weighted by Gasteiger charge is 2.29. The predicted molar refractivity (Wildman–Crippen MR) is 98.0 cm³/mol. The highest BCUT2D eigenvalue weighted by atomic mass is 35.5. The van der Waals surface area contributed by atoms with Gasteiger partial charge in [-0.3, -0.25) is 9.10 Å². The number of hydrogen-bond acceptors (Lipinski definition) is 5. The van der Waals surface area contributed by atoms with Crippen LogP contribution < -0.4 is 20.5 Å². The van der Waals surface area contributed by atoms with Gasteiger partial charge in [-0.15, -0.1) is 12.4 Å². The van der Waals surface area contributed by atoms with Crippen molar-refractivity contribution in [2.75, 3.05) is 29.4 Å². The topological polar surface area (TPSA) is 128 Å². The third-order valence-corrected chi connectivity index (χ3v) is 5.58. The molecule has 2 aliphatic rings.